The van der Waals surface area contributed by atoms with E-state index in [0.717, 1.165) is 18.3 Å². The average Bonchev–Trinajstić information content (AvgIpc) is 2.44. The molecule has 2 amide bonds. The summed E-state index contributed by atoms with van der Waals surface area (Å²) in [4.78, 5) is 27.8. The molecule has 0 saturated carbocycles. The first kappa shape index (κ1) is 17.2. The van der Waals surface area contributed by atoms with Gasteiger partial charge in [-0.3, -0.25) is 14.6 Å². The highest BCUT2D eigenvalue weighted by molar-refractivity contribution is 5.94. The van der Waals surface area contributed by atoms with Gasteiger partial charge in [0.1, 0.15) is 5.69 Å². The number of amides is 2. The number of aromatic nitrogens is 1. The van der Waals surface area contributed by atoms with E-state index in [0.29, 0.717) is 19.4 Å². The zero-order chi connectivity index (χ0) is 17.3. The molecule has 2 rings (SSSR count). The van der Waals surface area contributed by atoms with Gasteiger partial charge < -0.3 is 15.7 Å². The summed E-state index contributed by atoms with van der Waals surface area (Å²) < 4.78 is 37.4. The van der Waals surface area contributed by atoms with Crippen molar-refractivity contribution in [2.75, 3.05) is 13.1 Å². The van der Waals surface area contributed by atoms with Crippen LogP contribution in [0.3, 0.4) is 0 Å². The second-order valence-electron chi connectivity index (χ2n) is 5.63. The number of piperidine rings is 1. The van der Waals surface area contributed by atoms with Crippen molar-refractivity contribution < 1.29 is 27.9 Å². The number of β-amino-alcohol motifs (C(OH)–C–C–N with tert-alkyl or cyclic N) is 1. The summed E-state index contributed by atoms with van der Waals surface area (Å²) in [6.07, 6.45) is -3.21. The molecule has 1 saturated heterocycles. The van der Waals surface area contributed by atoms with Crippen LogP contribution < -0.4 is 5.73 Å². The molecule has 3 N–H and O–H groups in total. The first-order chi connectivity index (χ1) is 10.6. The highest BCUT2D eigenvalue weighted by Crippen LogP contribution is 2.28. The van der Waals surface area contributed by atoms with E-state index in [1.807, 2.05) is 0 Å². The van der Waals surface area contributed by atoms with Crippen LogP contribution >= 0.6 is 0 Å². The lowest BCUT2D eigenvalue weighted by Crippen LogP contribution is -2.51. The summed E-state index contributed by atoms with van der Waals surface area (Å²) in [5.74, 6) is -1.23. The van der Waals surface area contributed by atoms with Crippen LogP contribution in [-0.4, -0.2) is 45.5 Å². The third-order valence-electron chi connectivity index (χ3n) is 3.65. The Labute approximate surface area is 130 Å². The van der Waals surface area contributed by atoms with Crippen molar-refractivity contribution in [2.24, 2.45) is 5.73 Å². The summed E-state index contributed by atoms with van der Waals surface area (Å²) >= 11 is 0. The molecular weight excluding hydrogens is 315 g/mol. The van der Waals surface area contributed by atoms with Gasteiger partial charge in [-0.2, -0.15) is 13.2 Å². The molecule has 2 heterocycles. The normalized spacial score (nSPS) is 22.0. The Balaban J connectivity index is 2.12. The van der Waals surface area contributed by atoms with Gasteiger partial charge in [0, 0.05) is 12.7 Å². The number of hydrogen-bond donors (Lipinski definition) is 2. The van der Waals surface area contributed by atoms with Crippen LogP contribution in [0.5, 0.6) is 0 Å². The summed E-state index contributed by atoms with van der Waals surface area (Å²) in [5, 5.41) is 10.3. The molecule has 1 aliphatic heterocycles. The van der Waals surface area contributed by atoms with Crippen LogP contribution in [-0.2, 0) is 11.0 Å². The first-order valence-corrected chi connectivity index (χ1v) is 6.94. The van der Waals surface area contributed by atoms with E-state index < -0.39 is 29.3 Å². The number of nitrogens with two attached hydrogens (primary N) is 1. The Morgan fingerprint density at radius 3 is 2.61 bits per heavy atom. The Morgan fingerprint density at radius 1 is 1.39 bits per heavy atom. The second kappa shape index (κ2) is 6.15. The number of likely N-dealkylation sites (tertiary alicyclic amines) is 1. The molecule has 0 spiro atoms. The van der Waals surface area contributed by atoms with Gasteiger partial charge in [0.05, 0.1) is 24.1 Å². The van der Waals surface area contributed by atoms with E-state index >= 15 is 0 Å². The van der Waals surface area contributed by atoms with E-state index in [9.17, 15) is 27.9 Å². The number of carbonyl (C=O) groups excluding carboxylic acids is 2. The zero-order valence-electron chi connectivity index (χ0n) is 12.1. The fourth-order valence-electron chi connectivity index (χ4n) is 2.62. The lowest BCUT2D eigenvalue weighted by Gasteiger charge is -2.38. The fourth-order valence-corrected chi connectivity index (χ4v) is 2.62. The molecule has 0 aliphatic carbocycles. The molecule has 0 aromatic carbocycles. The summed E-state index contributed by atoms with van der Waals surface area (Å²) in [5.41, 5.74) is 2.58. The van der Waals surface area contributed by atoms with Gasteiger partial charge in [-0.05, 0) is 25.0 Å². The number of alkyl halides is 3. The molecule has 1 unspecified atom stereocenters. The predicted octanol–water partition coefficient (Wildman–Crippen LogP) is 0.943. The maximum Gasteiger partial charge on any atom is 0.433 e. The Morgan fingerprint density at radius 2 is 2.09 bits per heavy atom. The van der Waals surface area contributed by atoms with Crippen LogP contribution in [0, 0.1) is 0 Å². The van der Waals surface area contributed by atoms with Crippen LogP contribution in [0.1, 0.15) is 35.3 Å². The van der Waals surface area contributed by atoms with E-state index in [-0.39, 0.29) is 18.5 Å². The van der Waals surface area contributed by atoms with Gasteiger partial charge in [0.2, 0.25) is 5.91 Å². The number of primary amides is 1. The van der Waals surface area contributed by atoms with Crippen molar-refractivity contribution in [2.45, 2.75) is 31.0 Å². The molecule has 1 aliphatic rings. The van der Waals surface area contributed by atoms with Crippen molar-refractivity contribution in [3.05, 3.63) is 29.6 Å². The van der Waals surface area contributed by atoms with Crippen LogP contribution in [0.15, 0.2) is 18.3 Å². The smallest absolute Gasteiger partial charge is 0.388 e. The molecule has 1 fully saturated rings. The number of hydrogen-bond acceptors (Lipinski definition) is 4. The second-order valence-corrected chi connectivity index (χ2v) is 5.63. The van der Waals surface area contributed by atoms with E-state index in [2.05, 4.69) is 4.98 Å². The Kier molecular flexibility index (Phi) is 4.60. The fraction of sp³-hybridized carbons (Fsp3) is 0.500. The number of carbonyl (C=O) groups is 2. The molecule has 6 nitrogen and oxygen atoms in total. The monoisotopic (exact) mass is 331 g/mol. The predicted molar refractivity (Wildman–Crippen MR) is 73.1 cm³/mol. The average molecular weight is 331 g/mol. The largest absolute Gasteiger partial charge is 0.433 e. The van der Waals surface area contributed by atoms with E-state index in [1.165, 1.54) is 4.90 Å². The summed E-state index contributed by atoms with van der Waals surface area (Å²) in [6.45, 7) is 0.233. The third-order valence-corrected chi connectivity index (χ3v) is 3.65. The molecule has 23 heavy (non-hydrogen) atoms. The highest BCUT2D eigenvalue weighted by Gasteiger charge is 2.37. The zero-order valence-corrected chi connectivity index (χ0v) is 12.1. The number of halogens is 3. The number of aliphatic hydroxyl groups is 1. The quantitative estimate of drug-likeness (QED) is 0.861. The van der Waals surface area contributed by atoms with Crippen LogP contribution in [0.25, 0.3) is 0 Å². The molecule has 1 aromatic heterocycles. The highest BCUT2D eigenvalue weighted by atomic mass is 19.4. The van der Waals surface area contributed by atoms with Gasteiger partial charge in [-0.25, -0.2) is 0 Å². The van der Waals surface area contributed by atoms with E-state index in [1.54, 1.807) is 0 Å². The standard InChI is InChI=1S/C14H16F3N3O3/c15-14(16,17)10-3-2-9(7-19-10)12(22)20-5-1-4-13(23,8-20)6-11(18)21/h2-3,7,23H,1,4-6,8H2,(H2,18,21). The maximum atomic E-state index is 12.5. The van der Waals surface area contributed by atoms with Crippen LogP contribution in [0.2, 0.25) is 0 Å². The van der Waals surface area contributed by atoms with Crippen LogP contribution in [0.4, 0.5) is 13.2 Å². The Bertz CT molecular complexity index is 604. The van der Waals surface area contributed by atoms with E-state index in [4.69, 9.17) is 5.73 Å². The minimum absolute atomic E-state index is 0.0127. The van der Waals surface area contributed by atoms with Gasteiger partial charge in [0.15, 0.2) is 0 Å². The summed E-state index contributed by atoms with van der Waals surface area (Å²) in [6, 6.07) is 1.77. The van der Waals surface area contributed by atoms with Crippen molar-refractivity contribution in [1.29, 1.82) is 0 Å². The molecule has 9 heteroatoms. The van der Waals surface area contributed by atoms with Gasteiger partial charge in [-0.1, -0.05) is 0 Å². The molecule has 0 radical (unpaired) electrons. The minimum Gasteiger partial charge on any atom is -0.388 e. The topological polar surface area (TPSA) is 96.5 Å². The van der Waals surface area contributed by atoms with Crippen molar-refractivity contribution in [3.8, 4) is 0 Å². The van der Waals surface area contributed by atoms with Crippen molar-refractivity contribution in [1.82, 2.24) is 9.88 Å². The van der Waals surface area contributed by atoms with Gasteiger partial charge in [-0.15, -0.1) is 0 Å². The molecule has 1 aromatic rings. The number of pyridine rings is 1. The molecule has 126 valence electrons. The Hall–Kier alpha value is -2.16. The van der Waals surface area contributed by atoms with Gasteiger partial charge >= 0.3 is 6.18 Å². The molecular formula is C14H16F3N3O3. The number of rotatable bonds is 3. The first-order valence-electron chi connectivity index (χ1n) is 6.94. The molecule has 0 bridgehead atoms. The maximum absolute atomic E-state index is 12.5. The SMILES string of the molecule is NC(=O)CC1(O)CCCN(C(=O)c2ccc(C(F)(F)F)nc2)C1. The van der Waals surface area contributed by atoms with Crippen molar-refractivity contribution >= 4 is 11.8 Å². The third kappa shape index (κ3) is 4.19. The number of nitrogens with zero attached hydrogens (tertiary/aromatic N) is 2. The van der Waals surface area contributed by atoms with Crippen molar-refractivity contribution in [3.63, 3.8) is 0 Å². The lowest BCUT2D eigenvalue weighted by molar-refractivity contribution is -0.141. The minimum atomic E-state index is -4.57. The lowest BCUT2D eigenvalue weighted by atomic mass is 9.89. The summed E-state index contributed by atoms with van der Waals surface area (Å²) in [7, 11) is 0. The van der Waals surface area contributed by atoms with Gasteiger partial charge in [0.25, 0.3) is 5.91 Å². The molecule has 1 atom stereocenters.